The van der Waals surface area contributed by atoms with E-state index in [9.17, 15) is 18.3 Å². The minimum atomic E-state index is -4.60. The maximum atomic E-state index is 12.4. The Kier molecular flexibility index (Phi) is 2.74. The van der Waals surface area contributed by atoms with Crippen molar-refractivity contribution in [1.82, 2.24) is 9.78 Å². The fraction of sp³-hybridized carbons (Fsp3) is 0.100. The maximum absolute atomic E-state index is 12.4. The van der Waals surface area contributed by atoms with Gasteiger partial charge in [-0.1, -0.05) is 17.7 Å². The minimum Gasteiger partial charge on any atom is -0.493 e. The largest absolute Gasteiger partial charge is 0.493 e. The van der Waals surface area contributed by atoms with Crippen LogP contribution in [0.1, 0.15) is 5.69 Å². The number of nitrogens with zero attached hydrogens (tertiary/aromatic N) is 2. The fourth-order valence-electron chi connectivity index (χ4n) is 1.31. The van der Waals surface area contributed by atoms with Gasteiger partial charge in [-0.15, -0.1) is 0 Å². The van der Waals surface area contributed by atoms with Crippen LogP contribution in [0.25, 0.3) is 5.69 Å². The zero-order chi connectivity index (χ0) is 12.6. The highest BCUT2D eigenvalue weighted by molar-refractivity contribution is 6.30. The van der Waals surface area contributed by atoms with Crippen LogP contribution in [-0.2, 0) is 6.18 Å². The first-order valence-corrected chi connectivity index (χ1v) is 4.88. The molecule has 0 spiro atoms. The molecule has 1 aromatic heterocycles. The van der Waals surface area contributed by atoms with Crippen LogP contribution in [0.2, 0.25) is 5.02 Å². The molecule has 2 aromatic rings. The highest BCUT2D eigenvalue weighted by Gasteiger charge is 2.35. The van der Waals surface area contributed by atoms with Crippen LogP contribution >= 0.6 is 11.6 Å². The summed E-state index contributed by atoms with van der Waals surface area (Å²) in [6.07, 6.45) is -4.60. The molecule has 0 amide bonds. The van der Waals surface area contributed by atoms with E-state index in [1.54, 1.807) is 12.1 Å². The molecule has 0 fully saturated rings. The molecule has 90 valence electrons. The number of benzene rings is 1. The van der Waals surface area contributed by atoms with E-state index in [-0.39, 0.29) is 5.69 Å². The molecule has 0 unspecified atom stereocenters. The molecule has 0 saturated carbocycles. The molecule has 0 aliphatic heterocycles. The van der Waals surface area contributed by atoms with E-state index in [0.29, 0.717) is 11.1 Å². The molecule has 3 nitrogen and oxygen atoms in total. The molecule has 0 radical (unpaired) electrons. The summed E-state index contributed by atoms with van der Waals surface area (Å²) >= 11 is 5.70. The van der Waals surface area contributed by atoms with Crippen LogP contribution in [-0.4, -0.2) is 14.9 Å². The molecule has 1 aromatic carbocycles. The second kappa shape index (κ2) is 3.96. The topological polar surface area (TPSA) is 38.1 Å². The molecular weight excluding hydrogens is 257 g/mol. The van der Waals surface area contributed by atoms with Crippen molar-refractivity contribution < 1.29 is 18.3 Å². The van der Waals surface area contributed by atoms with Crippen LogP contribution in [0.15, 0.2) is 30.3 Å². The van der Waals surface area contributed by atoms with Crippen molar-refractivity contribution in [2.75, 3.05) is 0 Å². The van der Waals surface area contributed by atoms with Gasteiger partial charge in [0.25, 0.3) is 0 Å². The lowest BCUT2D eigenvalue weighted by atomic mass is 10.3. The summed E-state index contributed by atoms with van der Waals surface area (Å²) in [5, 5.41) is 13.0. The number of aromatic hydroxyl groups is 1. The lowest BCUT2D eigenvalue weighted by Gasteiger charge is -2.03. The summed E-state index contributed by atoms with van der Waals surface area (Å²) in [5.74, 6) is -0.598. The first-order chi connectivity index (χ1) is 7.88. The van der Waals surface area contributed by atoms with Crippen LogP contribution in [0.3, 0.4) is 0 Å². The molecule has 0 aliphatic rings. The van der Waals surface area contributed by atoms with Crippen LogP contribution < -0.4 is 0 Å². The van der Waals surface area contributed by atoms with Crippen molar-refractivity contribution in [2.24, 2.45) is 0 Å². The molecule has 0 aliphatic carbocycles. The molecule has 17 heavy (non-hydrogen) atoms. The summed E-state index contributed by atoms with van der Waals surface area (Å²) in [5.41, 5.74) is -0.902. The smallest absolute Gasteiger partial charge is 0.435 e. The summed E-state index contributed by atoms with van der Waals surface area (Å²) in [6, 6.07) is 6.55. The second-order valence-electron chi connectivity index (χ2n) is 3.28. The van der Waals surface area contributed by atoms with Gasteiger partial charge in [-0.3, -0.25) is 0 Å². The van der Waals surface area contributed by atoms with Crippen molar-refractivity contribution in [3.63, 3.8) is 0 Å². The lowest BCUT2D eigenvalue weighted by Crippen LogP contribution is -2.07. The van der Waals surface area contributed by atoms with Gasteiger partial charge in [-0.2, -0.15) is 18.3 Å². The summed E-state index contributed by atoms with van der Waals surface area (Å²) < 4.78 is 37.9. The third-order valence-corrected chi connectivity index (χ3v) is 2.27. The Balaban J connectivity index is 2.50. The Labute approximate surface area is 99.1 Å². The number of hydrogen-bond donors (Lipinski definition) is 1. The average Bonchev–Trinajstić information content (AvgIpc) is 2.60. The highest BCUT2D eigenvalue weighted by atomic mass is 35.5. The van der Waals surface area contributed by atoms with Crippen LogP contribution in [0.5, 0.6) is 5.88 Å². The Hall–Kier alpha value is -1.69. The quantitative estimate of drug-likeness (QED) is 0.857. The van der Waals surface area contributed by atoms with Gasteiger partial charge < -0.3 is 5.11 Å². The second-order valence-corrected chi connectivity index (χ2v) is 3.71. The van der Waals surface area contributed by atoms with E-state index in [1.807, 2.05) is 0 Å². The maximum Gasteiger partial charge on any atom is 0.435 e. The molecule has 0 atom stereocenters. The van der Waals surface area contributed by atoms with Crippen molar-refractivity contribution >= 4 is 11.6 Å². The van der Waals surface area contributed by atoms with Gasteiger partial charge in [-0.05, 0) is 18.2 Å². The van der Waals surface area contributed by atoms with Gasteiger partial charge >= 0.3 is 6.18 Å². The zero-order valence-electron chi connectivity index (χ0n) is 8.24. The van der Waals surface area contributed by atoms with Gasteiger partial charge in [0.05, 0.1) is 5.69 Å². The molecule has 0 bridgehead atoms. The van der Waals surface area contributed by atoms with E-state index >= 15 is 0 Å². The van der Waals surface area contributed by atoms with Gasteiger partial charge in [-0.25, -0.2) is 4.68 Å². The average molecular weight is 263 g/mol. The SMILES string of the molecule is Oc1cc(C(F)(F)F)nn1-c1cccc(Cl)c1. The normalized spacial score (nSPS) is 11.8. The van der Waals surface area contributed by atoms with Gasteiger partial charge in [0.15, 0.2) is 5.69 Å². The fourth-order valence-corrected chi connectivity index (χ4v) is 1.49. The predicted molar refractivity (Wildman–Crippen MR) is 55.2 cm³/mol. The number of aromatic nitrogens is 2. The van der Waals surface area contributed by atoms with E-state index in [0.717, 1.165) is 4.68 Å². The molecular formula is C10H6ClF3N2O. The third-order valence-electron chi connectivity index (χ3n) is 2.03. The molecule has 0 saturated heterocycles. The summed E-state index contributed by atoms with van der Waals surface area (Å²) in [7, 11) is 0. The van der Waals surface area contributed by atoms with E-state index in [2.05, 4.69) is 5.10 Å². The molecule has 1 heterocycles. The number of halogens is 4. The van der Waals surface area contributed by atoms with Crippen molar-refractivity contribution in [2.45, 2.75) is 6.18 Å². The van der Waals surface area contributed by atoms with Gasteiger partial charge in [0, 0.05) is 11.1 Å². The molecule has 2 rings (SSSR count). The van der Waals surface area contributed by atoms with Crippen molar-refractivity contribution in [3.8, 4) is 11.6 Å². The Morgan fingerprint density at radius 1 is 1.24 bits per heavy atom. The summed E-state index contributed by atoms with van der Waals surface area (Å²) in [6.45, 7) is 0. The predicted octanol–water partition coefficient (Wildman–Crippen LogP) is 3.25. The molecule has 1 N–H and O–H groups in total. The monoisotopic (exact) mass is 262 g/mol. The van der Waals surface area contributed by atoms with Crippen molar-refractivity contribution in [3.05, 3.63) is 41.0 Å². The Morgan fingerprint density at radius 3 is 2.47 bits per heavy atom. The van der Waals surface area contributed by atoms with Gasteiger partial charge in [0.1, 0.15) is 0 Å². The molecule has 7 heteroatoms. The van der Waals surface area contributed by atoms with Crippen molar-refractivity contribution in [1.29, 1.82) is 0 Å². The summed E-state index contributed by atoms with van der Waals surface area (Å²) in [4.78, 5) is 0. The Bertz CT molecular complexity index is 551. The first kappa shape index (κ1) is 11.8. The van der Waals surface area contributed by atoms with E-state index in [4.69, 9.17) is 11.6 Å². The Morgan fingerprint density at radius 2 is 1.94 bits per heavy atom. The van der Waals surface area contributed by atoms with Gasteiger partial charge in [0.2, 0.25) is 5.88 Å². The number of alkyl halides is 3. The first-order valence-electron chi connectivity index (χ1n) is 4.50. The minimum absolute atomic E-state index is 0.255. The number of rotatable bonds is 1. The van der Waals surface area contributed by atoms with E-state index in [1.165, 1.54) is 12.1 Å². The third kappa shape index (κ3) is 2.36. The van der Waals surface area contributed by atoms with Crippen LogP contribution in [0.4, 0.5) is 13.2 Å². The zero-order valence-corrected chi connectivity index (χ0v) is 9.00. The highest BCUT2D eigenvalue weighted by Crippen LogP contribution is 2.31. The number of hydrogen-bond acceptors (Lipinski definition) is 2. The van der Waals surface area contributed by atoms with E-state index < -0.39 is 17.8 Å². The lowest BCUT2D eigenvalue weighted by molar-refractivity contribution is -0.141. The van der Waals surface area contributed by atoms with Crippen LogP contribution in [0, 0.1) is 0 Å². The standard InChI is InChI=1S/C10H6ClF3N2O/c11-6-2-1-3-7(4-6)16-9(17)5-8(15-16)10(12,13)14/h1-5,17H.